The average Bonchev–Trinajstić information content (AvgIpc) is 2.83. The van der Waals surface area contributed by atoms with Gasteiger partial charge in [-0.1, -0.05) is 23.4 Å². The van der Waals surface area contributed by atoms with Gasteiger partial charge in [0.15, 0.2) is 0 Å². The summed E-state index contributed by atoms with van der Waals surface area (Å²) in [6.45, 7) is 1.96. The number of nitrogens with one attached hydrogen (secondary N) is 1. The Kier molecular flexibility index (Phi) is 5.40. The van der Waals surface area contributed by atoms with Gasteiger partial charge in [-0.15, -0.1) is 11.3 Å². The number of hydrogen-bond acceptors (Lipinski definition) is 3. The summed E-state index contributed by atoms with van der Waals surface area (Å²) in [5, 5.41) is 12.2. The van der Waals surface area contributed by atoms with Crippen LogP contribution in [0, 0.1) is 18.8 Å². The third-order valence-corrected chi connectivity index (χ3v) is 4.09. The van der Waals surface area contributed by atoms with E-state index < -0.39 is 0 Å². The molecule has 108 valence electrons. The highest BCUT2D eigenvalue weighted by atomic mass is 35.5. The van der Waals surface area contributed by atoms with E-state index in [4.69, 9.17) is 16.7 Å². The van der Waals surface area contributed by atoms with Crippen LogP contribution in [0.1, 0.15) is 26.5 Å². The molecule has 1 heterocycles. The minimum absolute atomic E-state index is 0.0430. The molecule has 0 aliphatic heterocycles. The zero-order chi connectivity index (χ0) is 15.2. The van der Waals surface area contributed by atoms with Crippen molar-refractivity contribution in [2.24, 2.45) is 0 Å². The van der Waals surface area contributed by atoms with Gasteiger partial charge in [-0.2, -0.15) is 0 Å². The summed E-state index contributed by atoms with van der Waals surface area (Å²) in [4.78, 5) is 13.6. The first-order chi connectivity index (χ1) is 10.1. The van der Waals surface area contributed by atoms with E-state index in [1.165, 1.54) is 11.3 Å². The van der Waals surface area contributed by atoms with Crippen molar-refractivity contribution in [2.75, 3.05) is 11.9 Å². The maximum Gasteiger partial charge on any atom is 0.265 e. The number of aryl methyl sites for hydroxylation is 1. The van der Waals surface area contributed by atoms with Gasteiger partial charge in [0.25, 0.3) is 5.91 Å². The largest absolute Gasteiger partial charge is 0.395 e. The number of rotatable bonds is 3. The highest BCUT2D eigenvalue weighted by Crippen LogP contribution is 2.22. The lowest BCUT2D eigenvalue weighted by atomic mass is 10.2. The Morgan fingerprint density at radius 3 is 2.76 bits per heavy atom. The molecule has 0 bridgehead atoms. The van der Waals surface area contributed by atoms with E-state index in [1.54, 1.807) is 24.3 Å². The number of hydrogen-bond donors (Lipinski definition) is 2. The molecular weight excluding hydrogens is 306 g/mol. The number of halogens is 1. The van der Waals surface area contributed by atoms with Crippen molar-refractivity contribution in [1.82, 2.24) is 0 Å². The molecule has 1 aromatic carbocycles. The minimum Gasteiger partial charge on any atom is -0.395 e. The fraction of sp³-hybridized carbons (Fsp3) is 0.188. The highest BCUT2D eigenvalue weighted by molar-refractivity contribution is 7.14. The molecule has 0 atom stereocenters. The van der Waals surface area contributed by atoms with Crippen LogP contribution in [-0.2, 0) is 0 Å². The van der Waals surface area contributed by atoms with E-state index in [0.717, 1.165) is 10.4 Å². The monoisotopic (exact) mass is 319 g/mol. The summed E-state index contributed by atoms with van der Waals surface area (Å²) in [7, 11) is 0. The van der Waals surface area contributed by atoms with Gasteiger partial charge < -0.3 is 10.4 Å². The normalized spacial score (nSPS) is 9.86. The van der Waals surface area contributed by atoms with E-state index in [0.29, 0.717) is 22.0 Å². The standard InChI is InChI=1S/C16H14ClNO2S/c1-11-10-15(21-14(11)4-2-3-9-19)16(20)18-13-7-5-12(17)6-8-13/h5-8,10,19H,3,9H2,1H3,(H,18,20). The molecule has 21 heavy (non-hydrogen) atoms. The van der Waals surface area contributed by atoms with Crippen molar-refractivity contribution in [3.63, 3.8) is 0 Å². The Hall–Kier alpha value is -1.80. The first-order valence-electron chi connectivity index (χ1n) is 6.37. The molecule has 0 saturated carbocycles. The Morgan fingerprint density at radius 1 is 1.38 bits per heavy atom. The molecule has 3 nitrogen and oxygen atoms in total. The molecule has 2 aromatic rings. The quantitative estimate of drug-likeness (QED) is 0.848. The van der Waals surface area contributed by atoms with Gasteiger partial charge in [0, 0.05) is 17.1 Å². The second-order valence-corrected chi connectivity index (χ2v) is 5.85. The van der Waals surface area contributed by atoms with Crippen molar-refractivity contribution >= 4 is 34.5 Å². The zero-order valence-electron chi connectivity index (χ0n) is 11.4. The van der Waals surface area contributed by atoms with E-state index in [1.807, 2.05) is 13.0 Å². The lowest BCUT2D eigenvalue weighted by Gasteiger charge is -2.02. The van der Waals surface area contributed by atoms with E-state index >= 15 is 0 Å². The molecule has 2 rings (SSSR count). The summed E-state index contributed by atoms with van der Waals surface area (Å²) in [5.74, 6) is 5.67. The fourth-order valence-electron chi connectivity index (χ4n) is 1.64. The van der Waals surface area contributed by atoms with Crippen LogP contribution in [0.25, 0.3) is 0 Å². The Labute approximate surface area is 132 Å². The van der Waals surface area contributed by atoms with E-state index in [2.05, 4.69) is 17.2 Å². The Bertz CT molecular complexity index is 695. The molecular formula is C16H14ClNO2S. The predicted molar refractivity (Wildman–Crippen MR) is 87.0 cm³/mol. The van der Waals surface area contributed by atoms with Gasteiger partial charge in [-0.05, 0) is 42.8 Å². The zero-order valence-corrected chi connectivity index (χ0v) is 13.0. The molecule has 0 spiro atoms. The second kappa shape index (κ2) is 7.28. The molecule has 0 fully saturated rings. The van der Waals surface area contributed by atoms with Crippen LogP contribution in [0.15, 0.2) is 30.3 Å². The summed E-state index contributed by atoms with van der Waals surface area (Å²) >= 11 is 7.15. The Balaban J connectivity index is 2.11. The van der Waals surface area contributed by atoms with Crippen molar-refractivity contribution in [2.45, 2.75) is 13.3 Å². The lowest BCUT2D eigenvalue weighted by molar-refractivity contribution is 0.103. The van der Waals surface area contributed by atoms with Gasteiger partial charge in [0.1, 0.15) is 0 Å². The number of carbonyl (C=O) groups excluding carboxylic acids is 1. The van der Waals surface area contributed by atoms with Crippen molar-refractivity contribution in [3.8, 4) is 11.8 Å². The maximum absolute atomic E-state index is 12.2. The average molecular weight is 320 g/mol. The number of benzene rings is 1. The third kappa shape index (κ3) is 4.33. The first-order valence-corrected chi connectivity index (χ1v) is 7.56. The minimum atomic E-state index is -0.166. The SMILES string of the molecule is Cc1cc(C(=O)Nc2ccc(Cl)cc2)sc1C#CCCO. The Morgan fingerprint density at radius 2 is 2.10 bits per heavy atom. The topological polar surface area (TPSA) is 49.3 Å². The van der Waals surface area contributed by atoms with Gasteiger partial charge >= 0.3 is 0 Å². The molecule has 0 aliphatic rings. The van der Waals surface area contributed by atoms with Crippen molar-refractivity contribution < 1.29 is 9.90 Å². The van der Waals surface area contributed by atoms with Crippen LogP contribution in [0.2, 0.25) is 5.02 Å². The molecule has 0 unspecified atom stereocenters. The number of aliphatic hydroxyl groups excluding tert-OH is 1. The summed E-state index contributed by atoms with van der Waals surface area (Å²) in [6, 6.07) is 8.77. The first kappa shape index (κ1) is 15.6. The van der Waals surface area contributed by atoms with Crippen LogP contribution in [-0.4, -0.2) is 17.6 Å². The number of carbonyl (C=O) groups is 1. The molecule has 2 N–H and O–H groups in total. The third-order valence-electron chi connectivity index (χ3n) is 2.68. The van der Waals surface area contributed by atoms with E-state index in [-0.39, 0.29) is 12.5 Å². The van der Waals surface area contributed by atoms with Gasteiger partial charge in [-0.25, -0.2) is 0 Å². The summed E-state index contributed by atoms with van der Waals surface area (Å²) in [5.41, 5.74) is 1.66. The van der Waals surface area contributed by atoms with Crippen LogP contribution in [0.4, 0.5) is 5.69 Å². The number of thiophene rings is 1. The smallest absolute Gasteiger partial charge is 0.265 e. The van der Waals surface area contributed by atoms with Crippen molar-refractivity contribution in [3.05, 3.63) is 50.7 Å². The van der Waals surface area contributed by atoms with Crippen LogP contribution < -0.4 is 5.32 Å². The number of anilines is 1. The summed E-state index contributed by atoms with van der Waals surface area (Å²) < 4.78 is 0. The van der Waals surface area contributed by atoms with Crippen LogP contribution in [0.5, 0.6) is 0 Å². The number of amides is 1. The fourth-order valence-corrected chi connectivity index (χ4v) is 2.71. The molecule has 5 heteroatoms. The highest BCUT2D eigenvalue weighted by Gasteiger charge is 2.11. The second-order valence-electron chi connectivity index (χ2n) is 4.36. The number of aliphatic hydroxyl groups is 1. The summed E-state index contributed by atoms with van der Waals surface area (Å²) in [6.07, 6.45) is 0.434. The molecule has 1 aromatic heterocycles. The predicted octanol–water partition coefficient (Wildman–Crippen LogP) is 3.70. The molecule has 1 amide bonds. The van der Waals surface area contributed by atoms with Crippen molar-refractivity contribution in [1.29, 1.82) is 0 Å². The van der Waals surface area contributed by atoms with Crippen LogP contribution >= 0.6 is 22.9 Å². The maximum atomic E-state index is 12.2. The lowest BCUT2D eigenvalue weighted by Crippen LogP contribution is -2.09. The molecule has 0 aliphatic carbocycles. The van der Waals surface area contributed by atoms with E-state index in [9.17, 15) is 4.79 Å². The molecule has 0 saturated heterocycles. The van der Waals surface area contributed by atoms with Gasteiger partial charge in [0.2, 0.25) is 0 Å². The van der Waals surface area contributed by atoms with Crippen LogP contribution in [0.3, 0.4) is 0 Å². The molecule has 0 radical (unpaired) electrons. The van der Waals surface area contributed by atoms with Gasteiger partial charge in [-0.3, -0.25) is 4.79 Å². The van der Waals surface area contributed by atoms with Gasteiger partial charge in [0.05, 0.1) is 16.4 Å².